The Labute approximate surface area is 126 Å². The molecule has 0 aromatic heterocycles. The van der Waals surface area contributed by atoms with Crippen LogP contribution in [0.2, 0.25) is 0 Å². The van der Waals surface area contributed by atoms with Crippen molar-refractivity contribution in [1.29, 1.82) is 0 Å². The molecule has 1 rings (SSSR count). The molecule has 0 atom stereocenters. The minimum atomic E-state index is -0.232. The van der Waals surface area contributed by atoms with Gasteiger partial charge in [0.2, 0.25) is 0 Å². The number of aliphatic hydroxyl groups is 1. The van der Waals surface area contributed by atoms with Crippen LogP contribution in [-0.4, -0.2) is 49.5 Å². The average Bonchev–Trinajstić information content (AvgIpc) is 2.43. The van der Waals surface area contributed by atoms with Gasteiger partial charge in [-0.3, -0.25) is 0 Å². The number of rotatable bonds is 6. The van der Waals surface area contributed by atoms with Crippen LogP contribution in [0.15, 0.2) is 24.3 Å². The monoisotopic (exact) mass is 294 g/mol. The molecule has 0 aliphatic rings. The Morgan fingerprint density at radius 3 is 2.33 bits per heavy atom. The Balaban J connectivity index is 2.67. The van der Waals surface area contributed by atoms with E-state index in [9.17, 15) is 4.79 Å². The zero-order valence-corrected chi connectivity index (χ0v) is 13.3. The lowest BCUT2D eigenvalue weighted by molar-refractivity contribution is 0.142. The van der Waals surface area contributed by atoms with Crippen molar-refractivity contribution in [1.82, 2.24) is 4.90 Å². The highest BCUT2D eigenvalue weighted by Crippen LogP contribution is 2.23. The number of anilines is 1. The molecule has 0 aliphatic heterocycles. The Hall–Kier alpha value is -1.59. The molecule has 2 N–H and O–H groups in total. The summed E-state index contributed by atoms with van der Waals surface area (Å²) in [4.78, 5) is 13.7. The van der Waals surface area contributed by atoms with Crippen LogP contribution in [-0.2, 0) is 10.2 Å². The van der Waals surface area contributed by atoms with Gasteiger partial charge in [0.05, 0.1) is 13.2 Å². The number of carbonyl (C=O) groups excluding carboxylic acids is 1. The standard InChI is InChI=1S/C16H26N2O3/c1-16(2,3)13-5-7-14(8-6-13)17-15(20)18(9-11-19)10-12-21-4/h5-8,19H,9-12H2,1-4H3,(H,17,20). The van der Waals surface area contributed by atoms with Gasteiger partial charge in [-0.2, -0.15) is 0 Å². The predicted molar refractivity (Wildman–Crippen MR) is 84.7 cm³/mol. The lowest BCUT2D eigenvalue weighted by Crippen LogP contribution is -2.39. The maximum absolute atomic E-state index is 12.1. The van der Waals surface area contributed by atoms with Crippen LogP contribution >= 0.6 is 0 Å². The van der Waals surface area contributed by atoms with Crippen LogP contribution < -0.4 is 5.32 Å². The second-order valence-electron chi connectivity index (χ2n) is 5.96. The summed E-state index contributed by atoms with van der Waals surface area (Å²) in [6, 6.07) is 7.59. The third-order valence-electron chi connectivity index (χ3n) is 3.22. The van der Waals surface area contributed by atoms with Crippen LogP contribution in [0.4, 0.5) is 10.5 Å². The van der Waals surface area contributed by atoms with Gasteiger partial charge in [0, 0.05) is 25.9 Å². The number of amides is 2. The fourth-order valence-corrected chi connectivity index (χ4v) is 1.89. The number of nitrogens with zero attached hydrogens (tertiary/aromatic N) is 1. The number of urea groups is 1. The molecule has 0 heterocycles. The highest BCUT2D eigenvalue weighted by atomic mass is 16.5. The maximum Gasteiger partial charge on any atom is 0.321 e. The van der Waals surface area contributed by atoms with Crippen LogP contribution in [0, 0.1) is 0 Å². The molecule has 0 saturated heterocycles. The summed E-state index contributed by atoms with van der Waals surface area (Å²) in [6.07, 6.45) is 0. The van der Waals surface area contributed by atoms with E-state index in [1.807, 2.05) is 24.3 Å². The van der Waals surface area contributed by atoms with Crippen molar-refractivity contribution in [3.8, 4) is 0 Å². The first kappa shape index (κ1) is 17.5. The van der Waals surface area contributed by atoms with Crippen LogP contribution in [0.5, 0.6) is 0 Å². The van der Waals surface area contributed by atoms with Crippen molar-refractivity contribution >= 4 is 11.7 Å². The van der Waals surface area contributed by atoms with Gasteiger partial charge >= 0.3 is 6.03 Å². The van der Waals surface area contributed by atoms with Crippen LogP contribution in [0.1, 0.15) is 26.3 Å². The second-order valence-corrected chi connectivity index (χ2v) is 5.96. The highest BCUT2D eigenvalue weighted by Gasteiger charge is 2.15. The van der Waals surface area contributed by atoms with Gasteiger partial charge in [-0.1, -0.05) is 32.9 Å². The number of hydrogen-bond donors (Lipinski definition) is 2. The molecular formula is C16H26N2O3. The SMILES string of the molecule is COCCN(CCO)C(=O)Nc1ccc(C(C)(C)C)cc1. The minimum Gasteiger partial charge on any atom is -0.395 e. The van der Waals surface area contributed by atoms with E-state index in [1.54, 1.807) is 7.11 Å². The first-order valence-electron chi connectivity index (χ1n) is 7.14. The molecular weight excluding hydrogens is 268 g/mol. The van der Waals surface area contributed by atoms with Gasteiger partial charge in [-0.25, -0.2) is 4.79 Å². The van der Waals surface area contributed by atoms with Crippen LogP contribution in [0.3, 0.4) is 0 Å². The fraction of sp³-hybridized carbons (Fsp3) is 0.562. The van der Waals surface area contributed by atoms with E-state index >= 15 is 0 Å². The molecule has 5 nitrogen and oxygen atoms in total. The van der Waals surface area contributed by atoms with E-state index in [4.69, 9.17) is 9.84 Å². The van der Waals surface area contributed by atoms with Gasteiger partial charge < -0.3 is 20.1 Å². The third-order valence-corrected chi connectivity index (χ3v) is 3.22. The van der Waals surface area contributed by atoms with Crippen LogP contribution in [0.25, 0.3) is 0 Å². The zero-order valence-electron chi connectivity index (χ0n) is 13.3. The van der Waals surface area contributed by atoms with Crippen molar-refractivity contribution < 1.29 is 14.6 Å². The van der Waals surface area contributed by atoms with Crippen molar-refractivity contribution in [2.75, 3.05) is 38.7 Å². The quantitative estimate of drug-likeness (QED) is 0.847. The number of methoxy groups -OCH3 is 1. The van der Waals surface area contributed by atoms with E-state index in [2.05, 4.69) is 26.1 Å². The molecule has 118 valence electrons. The predicted octanol–water partition coefficient (Wildman–Crippen LogP) is 2.46. The summed E-state index contributed by atoms with van der Waals surface area (Å²) in [5.41, 5.74) is 2.05. The summed E-state index contributed by atoms with van der Waals surface area (Å²) in [5.74, 6) is 0. The van der Waals surface area contributed by atoms with Crippen molar-refractivity contribution in [3.05, 3.63) is 29.8 Å². The molecule has 1 aromatic rings. The summed E-state index contributed by atoms with van der Waals surface area (Å²) < 4.78 is 4.97. The topological polar surface area (TPSA) is 61.8 Å². The molecule has 0 spiro atoms. The Bertz CT molecular complexity index is 438. The van der Waals surface area contributed by atoms with Crippen molar-refractivity contribution in [3.63, 3.8) is 0 Å². The zero-order chi connectivity index (χ0) is 15.9. The fourth-order valence-electron chi connectivity index (χ4n) is 1.89. The van der Waals surface area contributed by atoms with Crippen molar-refractivity contribution in [2.24, 2.45) is 0 Å². The lowest BCUT2D eigenvalue weighted by Gasteiger charge is -2.22. The first-order valence-corrected chi connectivity index (χ1v) is 7.14. The van der Waals surface area contributed by atoms with Gasteiger partial charge in [-0.15, -0.1) is 0 Å². The summed E-state index contributed by atoms with van der Waals surface area (Å²) in [7, 11) is 1.58. The molecule has 2 amide bonds. The Morgan fingerprint density at radius 1 is 1.24 bits per heavy atom. The Morgan fingerprint density at radius 2 is 1.86 bits per heavy atom. The molecule has 0 fully saturated rings. The van der Waals surface area contributed by atoms with Gasteiger partial charge in [-0.05, 0) is 23.1 Å². The number of benzene rings is 1. The smallest absolute Gasteiger partial charge is 0.321 e. The Kier molecular flexibility index (Phi) is 6.65. The van der Waals surface area contributed by atoms with E-state index in [0.717, 1.165) is 5.69 Å². The van der Waals surface area contributed by atoms with Gasteiger partial charge in [0.1, 0.15) is 0 Å². The van der Waals surface area contributed by atoms with E-state index in [0.29, 0.717) is 13.2 Å². The highest BCUT2D eigenvalue weighted by molar-refractivity contribution is 5.89. The third kappa shape index (κ3) is 5.73. The lowest BCUT2D eigenvalue weighted by atomic mass is 9.87. The largest absolute Gasteiger partial charge is 0.395 e. The summed E-state index contributed by atoms with van der Waals surface area (Å²) in [5, 5.41) is 11.8. The summed E-state index contributed by atoms with van der Waals surface area (Å²) in [6.45, 7) is 7.55. The molecule has 21 heavy (non-hydrogen) atoms. The van der Waals surface area contributed by atoms with Gasteiger partial charge in [0.15, 0.2) is 0 Å². The molecule has 0 bridgehead atoms. The van der Waals surface area contributed by atoms with E-state index in [1.165, 1.54) is 10.5 Å². The molecule has 5 heteroatoms. The number of nitrogens with one attached hydrogen (secondary N) is 1. The molecule has 0 aliphatic carbocycles. The van der Waals surface area contributed by atoms with E-state index in [-0.39, 0.29) is 24.6 Å². The molecule has 0 saturated carbocycles. The molecule has 1 aromatic carbocycles. The normalized spacial score (nSPS) is 11.3. The van der Waals surface area contributed by atoms with Crippen molar-refractivity contribution in [2.45, 2.75) is 26.2 Å². The maximum atomic E-state index is 12.1. The average molecular weight is 294 g/mol. The summed E-state index contributed by atoms with van der Waals surface area (Å²) >= 11 is 0. The number of aliphatic hydroxyl groups excluding tert-OH is 1. The first-order chi connectivity index (χ1) is 9.88. The second kappa shape index (κ2) is 8.00. The minimum absolute atomic E-state index is 0.0693. The van der Waals surface area contributed by atoms with Gasteiger partial charge in [0.25, 0.3) is 0 Å². The number of ether oxygens (including phenoxy) is 1. The number of hydrogen-bond acceptors (Lipinski definition) is 3. The molecule has 0 radical (unpaired) electrons. The number of carbonyl (C=O) groups is 1. The molecule has 0 unspecified atom stereocenters. The van der Waals surface area contributed by atoms with E-state index < -0.39 is 0 Å².